The zero-order valence-corrected chi connectivity index (χ0v) is 9.00. The number of morpholine rings is 1. The van der Waals surface area contributed by atoms with Gasteiger partial charge >= 0.3 is 5.82 Å². The molecule has 1 saturated heterocycles. The summed E-state index contributed by atoms with van der Waals surface area (Å²) in [5, 5.41) is 10.5. The van der Waals surface area contributed by atoms with Crippen molar-refractivity contribution in [3.63, 3.8) is 0 Å². The number of rotatable bonds is 2. The van der Waals surface area contributed by atoms with Gasteiger partial charge in [0.15, 0.2) is 6.20 Å². The molecular weight excluding hydrogens is 210 g/mol. The molecule has 0 saturated carbocycles. The Morgan fingerprint density at radius 2 is 2.44 bits per heavy atom. The first-order chi connectivity index (χ1) is 7.68. The maximum absolute atomic E-state index is 10.5. The van der Waals surface area contributed by atoms with Gasteiger partial charge in [-0.3, -0.25) is 0 Å². The highest BCUT2D eigenvalue weighted by molar-refractivity contribution is 5.47. The van der Waals surface area contributed by atoms with Crippen LogP contribution >= 0.6 is 0 Å². The topological polar surface area (TPSA) is 68.5 Å². The average molecular weight is 223 g/mol. The van der Waals surface area contributed by atoms with Crippen molar-refractivity contribution >= 4 is 11.5 Å². The minimum atomic E-state index is -0.494. The van der Waals surface area contributed by atoms with Crippen molar-refractivity contribution in [1.29, 1.82) is 0 Å². The second-order valence-electron chi connectivity index (χ2n) is 3.75. The summed E-state index contributed by atoms with van der Waals surface area (Å²) in [5.41, 5.74) is 0.904. The van der Waals surface area contributed by atoms with E-state index in [1.54, 1.807) is 12.3 Å². The highest BCUT2D eigenvalue weighted by atomic mass is 16.6. The molecule has 0 radical (unpaired) electrons. The molecule has 6 nitrogen and oxygen atoms in total. The molecule has 0 amide bonds. The van der Waals surface area contributed by atoms with Gasteiger partial charge in [0.25, 0.3) is 0 Å². The third kappa shape index (κ3) is 2.11. The van der Waals surface area contributed by atoms with E-state index in [2.05, 4.69) is 16.8 Å². The molecule has 0 aromatic carbocycles. The summed E-state index contributed by atoms with van der Waals surface area (Å²) in [6.45, 7) is 4.21. The Kier molecular flexibility index (Phi) is 3.00. The van der Waals surface area contributed by atoms with Gasteiger partial charge in [-0.15, -0.1) is 0 Å². The normalized spacial score (nSPS) is 20.8. The third-order valence-corrected chi connectivity index (χ3v) is 2.62. The summed E-state index contributed by atoms with van der Waals surface area (Å²) in [4.78, 5) is 15.9. The molecule has 0 spiro atoms. The number of nitrogens with zero attached hydrogens (tertiary/aromatic N) is 3. The maximum atomic E-state index is 10.5. The molecule has 1 aliphatic rings. The molecule has 0 N–H and O–H groups in total. The zero-order chi connectivity index (χ0) is 11.5. The molecule has 1 aromatic heterocycles. The van der Waals surface area contributed by atoms with Crippen molar-refractivity contribution in [1.82, 2.24) is 4.98 Å². The molecule has 0 aliphatic carbocycles. The van der Waals surface area contributed by atoms with Gasteiger partial charge in [0.1, 0.15) is 0 Å². The first-order valence-corrected chi connectivity index (χ1v) is 5.13. The number of hydrogen-bond donors (Lipinski definition) is 0. The molecule has 86 valence electrons. The van der Waals surface area contributed by atoms with Crippen LogP contribution in [0.5, 0.6) is 0 Å². The van der Waals surface area contributed by atoms with Crippen molar-refractivity contribution < 1.29 is 9.66 Å². The number of nitro groups is 1. The Labute approximate surface area is 93.0 Å². The van der Waals surface area contributed by atoms with Crippen molar-refractivity contribution in [2.24, 2.45) is 0 Å². The van der Waals surface area contributed by atoms with E-state index in [0.717, 1.165) is 12.2 Å². The maximum Gasteiger partial charge on any atom is 0.363 e. The Morgan fingerprint density at radius 1 is 1.62 bits per heavy atom. The summed E-state index contributed by atoms with van der Waals surface area (Å²) < 4.78 is 5.33. The van der Waals surface area contributed by atoms with Gasteiger partial charge in [-0.05, 0) is 22.9 Å². The first-order valence-electron chi connectivity index (χ1n) is 5.13. The van der Waals surface area contributed by atoms with Crippen LogP contribution in [0.1, 0.15) is 6.92 Å². The molecule has 0 bridgehead atoms. The van der Waals surface area contributed by atoms with E-state index >= 15 is 0 Å². The smallest absolute Gasteiger partial charge is 0.363 e. The highest BCUT2D eigenvalue weighted by Crippen LogP contribution is 2.20. The largest absolute Gasteiger partial charge is 0.377 e. The lowest BCUT2D eigenvalue weighted by atomic mass is 10.2. The minimum absolute atomic E-state index is 0.121. The van der Waals surface area contributed by atoms with Crippen LogP contribution in [0.25, 0.3) is 0 Å². The second-order valence-corrected chi connectivity index (χ2v) is 3.75. The van der Waals surface area contributed by atoms with Crippen molar-refractivity contribution in [2.75, 3.05) is 24.7 Å². The summed E-state index contributed by atoms with van der Waals surface area (Å²) in [6.07, 6.45) is 1.54. The highest BCUT2D eigenvalue weighted by Gasteiger charge is 2.20. The van der Waals surface area contributed by atoms with Crippen LogP contribution in [-0.2, 0) is 4.74 Å². The van der Waals surface area contributed by atoms with Crippen LogP contribution in [0, 0.1) is 10.1 Å². The van der Waals surface area contributed by atoms with Crippen LogP contribution < -0.4 is 4.90 Å². The van der Waals surface area contributed by atoms with Gasteiger partial charge < -0.3 is 19.8 Å². The molecular formula is C10H13N3O3. The lowest BCUT2D eigenvalue weighted by Crippen LogP contribution is -2.43. The number of anilines is 1. The number of aromatic nitrogens is 1. The van der Waals surface area contributed by atoms with Gasteiger partial charge in [0.2, 0.25) is 0 Å². The fraction of sp³-hybridized carbons (Fsp3) is 0.500. The molecule has 2 heterocycles. The summed E-state index contributed by atoms with van der Waals surface area (Å²) in [6, 6.07) is 3.43. The van der Waals surface area contributed by atoms with E-state index in [-0.39, 0.29) is 11.9 Å². The van der Waals surface area contributed by atoms with E-state index in [1.165, 1.54) is 6.07 Å². The van der Waals surface area contributed by atoms with Crippen LogP contribution in [0.3, 0.4) is 0 Å². The number of hydrogen-bond acceptors (Lipinski definition) is 5. The predicted octanol–water partition coefficient (Wildman–Crippen LogP) is 1.21. The van der Waals surface area contributed by atoms with E-state index in [4.69, 9.17) is 4.74 Å². The first kappa shape index (κ1) is 10.8. The summed E-state index contributed by atoms with van der Waals surface area (Å²) >= 11 is 0. The quantitative estimate of drug-likeness (QED) is 0.557. The molecule has 1 aliphatic heterocycles. The standard InChI is InChI=1S/C10H13N3O3/c1-8-7-16-5-4-12(8)9-2-3-10(11-6-9)13(14)15/h2-3,6,8H,4-5,7H2,1H3/t8-/m1/s1. The van der Waals surface area contributed by atoms with E-state index in [0.29, 0.717) is 13.2 Å². The van der Waals surface area contributed by atoms with Gasteiger partial charge in [0.05, 0.1) is 18.9 Å². The van der Waals surface area contributed by atoms with Crippen LogP contribution in [0.4, 0.5) is 11.5 Å². The van der Waals surface area contributed by atoms with Gasteiger partial charge in [-0.2, -0.15) is 0 Å². The van der Waals surface area contributed by atoms with E-state index < -0.39 is 4.92 Å². The molecule has 0 unspecified atom stereocenters. The van der Waals surface area contributed by atoms with Gasteiger partial charge in [-0.1, -0.05) is 0 Å². The van der Waals surface area contributed by atoms with Crippen molar-refractivity contribution in [3.8, 4) is 0 Å². The average Bonchev–Trinajstić information content (AvgIpc) is 2.30. The Hall–Kier alpha value is -1.69. The van der Waals surface area contributed by atoms with Gasteiger partial charge in [0, 0.05) is 18.7 Å². The van der Waals surface area contributed by atoms with E-state index in [9.17, 15) is 10.1 Å². The van der Waals surface area contributed by atoms with Crippen LogP contribution in [0.2, 0.25) is 0 Å². The predicted molar refractivity (Wildman–Crippen MR) is 58.5 cm³/mol. The molecule has 1 atom stereocenters. The molecule has 16 heavy (non-hydrogen) atoms. The molecule has 6 heteroatoms. The monoisotopic (exact) mass is 223 g/mol. The number of pyridine rings is 1. The molecule has 1 fully saturated rings. The lowest BCUT2D eigenvalue weighted by molar-refractivity contribution is -0.389. The van der Waals surface area contributed by atoms with Crippen molar-refractivity contribution in [3.05, 3.63) is 28.4 Å². The molecule has 1 aromatic rings. The lowest BCUT2D eigenvalue weighted by Gasteiger charge is -2.34. The fourth-order valence-corrected chi connectivity index (χ4v) is 1.77. The summed E-state index contributed by atoms with van der Waals surface area (Å²) in [7, 11) is 0. The second kappa shape index (κ2) is 4.44. The van der Waals surface area contributed by atoms with Crippen LogP contribution in [0.15, 0.2) is 18.3 Å². The summed E-state index contributed by atoms with van der Waals surface area (Å²) in [5.74, 6) is -0.121. The Bertz CT molecular complexity index is 379. The van der Waals surface area contributed by atoms with Crippen LogP contribution in [-0.4, -0.2) is 35.7 Å². The molecule has 2 rings (SSSR count). The Balaban J connectivity index is 2.17. The zero-order valence-electron chi connectivity index (χ0n) is 9.00. The third-order valence-electron chi connectivity index (χ3n) is 2.62. The Morgan fingerprint density at radius 3 is 3.00 bits per heavy atom. The number of ether oxygens (including phenoxy) is 1. The van der Waals surface area contributed by atoms with Crippen molar-refractivity contribution in [2.45, 2.75) is 13.0 Å². The van der Waals surface area contributed by atoms with E-state index in [1.807, 2.05) is 0 Å². The van der Waals surface area contributed by atoms with Gasteiger partial charge in [-0.25, -0.2) is 0 Å². The minimum Gasteiger partial charge on any atom is -0.377 e. The SMILES string of the molecule is C[C@@H]1COCCN1c1ccc([N+](=O)[O-])nc1. The fourth-order valence-electron chi connectivity index (χ4n) is 1.77.